The van der Waals surface area contributed by atoms with Crippen LogP contribution in [0, 0.1) is 5.92 Å². The third kappa shape index (κ3) is 7.59. The van der Waals surface area contributed by atoms with Gasteiger partial charge in [-0.3, -0.25) is 0 Å². The quantitative estimate of drug-likeness (QED) is 0.390. The molecule has 0 aliphatic carbocycles. The summed E-state index contributed by atoms with van der Waals surface area (Å²) in [7, 11) is 0. The van der Waals surface area contributed by atoms with Crippen LogP contribution in [-0.4, -0.2) is 0 Å². The molecule has 0 bridgehead atoms. The maximum Gasteiger partial charge on any atom is -0.0262 e. The lowest BCUT2D eigenvalue weighted by molar-refractivity contribution is 0.584. The van der Waals surface area contributed by atoms with Gasteiger partial charge in [0.25, 0.3) is 0 Å². The van der Waals surface area contributed by atoms with Crippen molar-refractivity contribution in [3.8, 4) is 0 Å². The zero-order valence-electron chi connectivity index (χ0n) is 8.55. The fourth-order valence-corrected chi connectivity index (χ4v) is 1.22. The van der Waals surface area contributed by atoms with Crippen molar-refractivity contribution in [2.24, 2.45) is 5.92 Å². The Balaban J connectivity index is 3.24. The molecule has 0 fully saturated rings. The van der Waals surface area contributed by atoms with Crippen molar-refractivity contribution in [2.75, 3.05) is 0 Å². The van der Waals surface area contributed by atoms with Crippen LogP contribution in [0.15, 0.2) is 24.8 Å². The van der Waals surface area contributed by atoms with Crippen LogP contribution >= 0.6 is 0 Å². The second-order valence-corrected chi connectivity index (χ2v) is 3.39. The maximum atomic E-state index is 3.71. The summed E-state index contributed by atoms with van der Waals surface area (Å²) in [5.74, 6) is 0.759. The highest BCUT2D eigenvalue weighted by Gasteiger charge is 1.95. The van der Waals surface area contributed by atoms with E-state index < -0.39 is 0 Å². The summed E-state index contributed by atoms with van der Waals surface area (Å²) in [5.41, 5.74) is 0. The normalized spacial score (nSPS) is 13.5. The number of hydrogen-bond acceptors (Lipinski definition) is 0. The molecule has 0 heterocycles. The molecule has 70 valence electrons. The Labute approximate surface area is 77.4 Å². The third-order valence-electron chi connectivity index (χ3n) is 2.02. The van der Waals surface area contributed by atoms with E-state index in [1.54, 1.807) is 0 Å². The molecule has 0 amide bonds. The predicted octanol–water partition coefficient (Wildman–Crippen LogP) is 4.34. The Morgan fingerprint density at radius 1 is 1.33 bits per heavy atom. The molecule has 0 N–H and O–H groups in total. The summed E-state index contributed by atoms with van der Waals surface area (Å²) in [6, 6.07) is 0. The van der Waals surface area contributed by atoms with Gasteiger partial charge < -0.3 is 0 Å². The summed E-state index contributed by atoms with van der Waals surface area (Å²) >= 11 is 0. The maximum absolute atomic E-state index is 3.71. The lowest BCUT2D eigenvalue weighted by Gasteiger charge is -2.04. The monoisotopic (exact) mass is 166 g/mol. The van der Waals surface area contributed by atoms with Gasteiger partial charge in [-0.1, -0.05) is 38.5 Å². The van der Waals surface area contributed by atoms with Crippen molar-refractivity contribution in [1.82, 2.24) is 0 Å². The van der Waals surface area contributed by atoms with Crippen molar-refractivity contribution in [2.45, 2.75) is 46.0 Å². The first kappa shape index (κ1) is 11.5. The SMILES string of the molecule is C=CCCCCC(C)C=CCC. The molecule has 0 aromatic heterocycles. The molecule has 0 spiro atoms. The molecule has 0 aromatic carbocycles. The summed E-state index contributed by atoms with van der Waals surface area (Å²) in [4.78, 5) is 0. The number of rotatable bonds is 7. The molecule has 0 heteroatoms. The molecule has 0 saturated heterocycles. The topological polar surface area (TPSA) is 0 Å². The van der Waals surface area contributed by atoms with Crippen LogP contribution in [0.4, 0.5) is 0 Å². The molecule has 1 atom stereocenters. The van der Waals surface area contributed by atoms with Crippen molar-refractivity contribution in [3.05, 3.63) is 24.8 Å². The van der Waals surface area contributed by atoms with Gasteiger partial charge in [0.1, 0.15) is 0 Å². The van der Waals surface area contributed by atoms with E-state index in [9.17, 15) is 0 Å². The molecule has 0 radical (unpaired) electrons. The molecule has 0 aromatic rings. The highest BCUT2D eigenvalue weighted by molar-refractivity contribution is 4.85. The van der Waals surface area contributed by atoms with Gasteiger partial charge in [-0.25, -0.2) is 0 Å². The van der Waals surface area contributed by atoms with Crippen LogP contribution in [-0.2, 0) is 0 Å². The van der Waals surface area contributed by atoms with Crippen LogP contribution < -0.4 is 0 Å². The highest BCUT2D eigenvalue weighted by Crippen LogP contribution is 2.10. The Morgan fingerprint density at radius 2 is 2.08 bits per heavy atom. The van der Waals surface area contributed by atoms with Gasteiger partial charge in [-0.05, 0) is 31.6 Å². The van der Waals surface area contributed by atoms with Gasteiger partial charge in [-0.15, -0.1) is 6.58 Å². The lowest BCUT2D eigenvalue weighted by Crippen LogP contribution is -1.88. The Bertz CT molecular complexity index is 122. The van der Waals surface area contributed by atoms with Crippen LogP contribution in [0.5, 0.6) is 0 Å². The van der Waals surface area contributed by atoms with Crippen LogP contribution in [0.3, 0.4) is 0 Å². The van der Waals surface area contributed by atoms with Crippen molar-refractivity contribution in [1.29, 1.82) is 0 Å². The van der Waals surface area contributed by atoms with Gasteiger partial charge in [-0.2, -0.15) is 0 Å². The van der Waals surface area contributed by atoms with Gasteiger partial charge >= 0.3 is 0 Å². The molecular formula is C12H22. The zero-order chi connectivity index (χ0) is 9.23. The van der Waals surface area contributed by atoms with Gasteiger partial charge in [0.2, 0.25) is 0 Å². The molecule has 0 saturated carbocycles. The predicted molar refractivity (Wildman–Crippen MR) is 57.3 cm³/mol. The van der Waals surface area contributed by atoms with Gasteiger partial charge in [0.15, 0.2) is 0 Å². The second-order valence-electron chi connectivity index (χ2n) is 3.39. The van der Waals surface area contributed by atoms with Gasteiger partial charge in [0, 0.05) is 0 Å². The number of allylic oxidation sites excluding steroid dienone is 3. The highest BCUT2D eigenvalue weighted by atomic mass is 14.0. The van der Waals surface area contributed by atoms with E-state index in [-0.39, 0.29) is 0 Å². The Kier molecular flexibility index (Phi) is 8.20. The number of unbranched alkanes of at least 4 members (excludes halogenated alkanes) is 2. The summed E-state index contributed by atoms with van der Waals surface area (Å²) in [6.45, 7) is 8.19. The fraction of sp³-hybridized carbons (Fsp3) is 0.667. The molecule has 0 aliphatic heterocycles. The van der Waals surface area contributed by atoms with E-state index in [0.717, 1.165) is 12.3 Å². The van der Waals surface area contributed by atoms with Crippen LogP contribution in [0.1, 0.15) is 46.0 Å². The second kappa shape index (κ2) is 8.58. The fourth-order valence-electron chi connectivity index (χ4n) is 1.22. The van der Waals surface area contributed by atoms with Crippen molar-refractivity contribution in [3.63, 3.8) is 0 Å². The minimum absolute atomic E-state index is 0.759. The first-order chi connectivity index (χ1) is 5.81. The largest absolute Gasteiger partial charge is 0.103 e. The minimum Gasteiger partial charge on any atom is -0.103 e. The first-order valence-electron chi connectivity index (χ1n) is 5.08. The smallest absolute Gasteiger partial charge is 0.0262 e. The molecule has 0 rings (SSSR count). The van der Waals surface area contributed by atoms with E-state index in [1.165, 1.54) is 25.7 Å². The lowest BCUT2D eigenvalue weighted by atomic mass is 10.0. The summed E-state index contributed by atoms with van der Waals surface area (Å²) in [5, 5.41) is 0. The third-order valence-corrected chi connectivity index (χ3v) is 2.02. The minimum atomic E-state index is 0.759. The van der Waals surface area contributed by atoms with E-state index >= 15 is 0 Å². The average molecular weight is 166 g/mol. The van der Waals surface area contributed by atoms with Crippen LogP contribution in [0.2, 0.25) is 0 Å². The number of hydrogen-bond donors (Lipinski definition) is 0. The average Bonchev–Trinajstić information content (AvgIpc) is 2.09. The van der Waals surface area contributed by atoms with E-state index in [2.05, 4.69) is 32.6 Å². The molecule has 0 nitrogen and oxygen atoms in total. The van der Waals surface area contributed by atoms with Gasteiger partial charge in [0.05, 0.1) is 0 Å². The summed E-state index contributed by atoms with van der Waals surface area (Å²) < 4.78 is 0. The molecule has 12 heavy (non-hydrogen) atoms. The molecule has 0 aliphatic rings. The Morgan fingerprint density at radius 3 is 2.67 bits per heavy atom. The van der Waals surface area contributed by atoms with Crippen molar-refractivity contribution >= 4 is 0 Å². The van der Waals surface area contributed by atoms with E-state index in [1.807, 2.05) is 6.08 Å². The van der Waals surface area contributed by atoms with E-state index in [4.69, 9.17) is 0 Å². The molecule has 1 unspecified atom stereocenters. The van der Waals surface area contributed by atoms with E-state index in [0.29, 0.717) is 0 Å². The zero-order valence-corrected chi connectivity index (χ0v) is 8.55. The first-order valence-corrected chi connectivity index (χ1v) is 5.08. The molecular weight excluding hydrogens is 144 g/mol. The summed E-state index contributed by atoms with van der Waals surface area (Å²) in [6.07, 6.45) is 12.9. The van der Waals surface area contributed by atoms with Crippen LogP contribution in [0.25, 0.3) is 0 Å². The Hall–Kier alpha value is -0.520. The standard InChI is InChI=1S/C12H22/c1-4-6-8-9-11-12(3)10-7-5-2/h4,7,10,12H,1,5-6,8-9,11H2,2-3H3. The van der Waals surface area contributed by atoms with Crippen molar-refractivity contribution < 1.29 is 0 Å².